The van der Waals surface area contributed by atoms with E-state index in [1.807, 2.05) is 48.1 Å². The number of carbonyl (C=O) groups excluding carboxylic acids is 1. The van der Waals surface area contributed by atoms with E-state index in [0.717, 1.165) is 41.0 Å². The van der Waals surface area contributed by atoms with E-state index in [1.165, 1.54) is 11.3 Å². The van der Waals surface area contributed by atoms with Crippen molar-refractivity contribution in [3.8, 4) is 0 Å². The summed E-state index contributed by atoms with van der Waals surface area (Å²) in [6.45, 7) is 4.71. The number of aromatic nitrogens is 2. The number of nitrogens with one attached hydrogen (secondary N) is 1. The normalized spacial score (nSPS) is 16.9. The molecule has 0 saturated heterocycles. The molecule has 29 heavy (non-hydrogen) atoms. The zero-order chi connectivity index (χ0) is 20.4. The molecule has 0 spiro atoms. The van der Waals surface area contributed by atoms with Crippen molar-refractivity contribution in [3.63, 3.8) is 0 Å². The van der Waals surface area contributed by atoms with Gasteiger partial charge in [-0.3, -0.25) is 9.48 Å². The minimum absolute atomic E-state index is 0.0206. The highest BCUT2D eigenvalue weighted by Gasteiger charge is 2.27. The lowest BCUT2D eigenvalue weighted by atomic mass is 9.91. The molecule has 150 valence electrons. The van der Waals surface area contributed by atoms with Gasteiger partial charge in [0.2, 0.25) is 5.91 Å². The van der Waals surface area contributed by atoms with E-state index in [2.05, 4.69) is 35.5 Å². The Balaban J connectivity index is 1.49. The van der Waals surface area contributed by atoms with Crippen LogP contribution in [-0.4, -0.2) is 15.7 Å². The van der Waals surface area contributed by atoms with Crippen molar-refractivity contribution in [2.45, 2.75) is 51.6 Å². The molecule has 4 nitrogen and oxygen atoms in total. The standard InChI is InChI=1S/C24H26ClN3O/c1-16-9-11-19(12-10-16)17(2)24(29)27-22-7-4-8-23-21(22)14-26-28(23)15-18-5-3-6-20(25)13-18/h3,5-6,9-14,17,22H,4,7-8,15H2,1-2H3,(H,27,29)/t17-,22-/m0/s1. The predicted molar refractivity (Wildman–Crippen MR) is 116 cm³/mol. The molecule has 1 aliphatic carbocycles. The van der Waals surface area contributed by atoms with Gasteiger partial charge in [-0.1, -0.05) is 53.6 Å². The Morgan fingerprint density at radius 1 is 1.28 bits per heavy atom. The summed E-state index contributed by atoms with van der Waals surface area (Å²) in [5.41, 5.74) is 5.72. The molecule has 1 amide bonds. The summed E-state index contributed by atoms with van der Waals surface area (Å²) in [7, 11) is 0. The molecule has 2 aromatic carbocycles. The largest absolute Gasteiger partial charge is 0.349 e. The number of rotatable bonds is 5. The number of hydrogen-bond donors (Lipinski definition) is 1. The highest BCUT2D eigenvalue weighted by Crippen LogP contribution is 2.31. The Morgan fingerprint density at radius 3 is 2.83 bits per heavy atom. The van der Waals surface area contributed by atoms with Crippen molar-refractivity contribution < 1.29 is 4.79 Å². The van der Waals surface area contributed by atoms with Gasteiger partial charge in [0.1, 0.15) is 0 Å². The molecule has 0 bridgehead atoms. The van der Waals surface area contributed by atoms with E-state index in [4.69, 9.17) is 11.6 Å². The number of carbonyl (C=O) groups is 1. The van der Waals surface area contributed by atoms with Crippen molar-refractivity contribution in [1.29, 1.82) is 0 Å². The smallest absolute Gasteiger partial charge is 0.227 e. The fraction of sp³-hybridized carbons (Fsp3) is 0.333. The van der Waals surface area contributed by atoms with Gasteiger partial charge in [-0.05, 0) is 56.4 Å². The second-order valence-electron chi connectivity index (χ2n) is 7.92. The quantitative estimate of drug-likeness (QED) is 0.632. The first-order valence-electron chi connectivity index (χ1n) is 10.2. The average molecular weight is 408 g/mol. The Labute approximate surface area is 176 Å². The molecule has 1 aromatic heterocycles. The summed E-state index contributed by atoms with van der Waals surface area (Å²) >= 11 is 6.12. The molecule has 1 heterocycles. The van der Waals surface area contributed by atoms with E-state index >= 15 is 0 Å². The topological polar surface area (TPSA) is 46.9 Å². The van der Waals surface area contributed by atoms with E-state index < -0.39 is 0 Å². The minimum Gasteiger partial charge on any atom is -0.349 e. The van der Waals surface area contributed by atoms with Crippen LogP contribution in [0.15, 0.2) is 54.7 Å². The Kier molecular flexibility index (Phi) is 5.72. The lowest BCUT2D eigenvalue weighted by Gasteiger charge is -2.26. The molecular formula is C24H26ClN3O. The van der Waals surface area contributed by atoms with Crippen LogP contribution in [0.5, 0.6) is 0 Å². The molecule has 3 aromatic rings. The number of fused-ring (bicyclic) bond motifs is 1. The number of nitrogens with zero attached hydrogens (tertiary/aromatic N) is 2. The van der Waals surface area contributed by atoms with Crippen LogP contribution in [0.1, 0.15) is 59.7 Å². The average Bonchev–Trinajstić information content (AvgIpc) is 3.12. The molecule has 0 aliphatic heterocycles. The Bertz CT molecular complexity index is 1010. The molecule has 0 radical (unpaired) electrons. The predicted octanol–water partition coefficient (Wildman–Crippen LogP) is 5.19. The molecule has 0 saturated carbocycles. The van der Waals surface area contributed by atoms with Crippen LogP contribution >= 0.6 is 11.6 Å². The van der Waals surface area contributed by atoms with Gasteiger partial charge in [0.25, 0.3) is 0 Å². The second kappa shape index (κ2) is 8.42. The van der Waals surface area contributed by atoms with E-state index in [0.29, 0.717) is 6.54 Å². The van der Waals surface area contributed by atoms with Gasteiger partial charge in [-0.25, -0.2) is 0 Å². The van der Waals surface area contributed by atoms with Crippen LogP contribution in [0.4, 0.5) is 0 Å². The molecule has 5 heteroatoms. The summed E-state index contributed by atoms with van der Waals surface area (Å²) in [4.78, 5) is 12.9. The van der Waals surface area contributed by atoms with Gasteiger partial charge in [0.15, 0.2) is 0 Å². The van der Waals surface area contributed by atoms with Crippen molar-refractivity contribution >= 4 is 17.5 Å². The van der Waals surface area contributed by atoms with E-state index in [-0.39, 0.29) is 17.9 Å². The number of hydrogen-bond acceptors (Lipinski definition) is 2. The fourth-order valence-electron chi connectivity index (χ4n) is 4.02. The number of benzene rings is 2. The summed E-state index contributed by atoms with van der Waals surface area (Å²) in [5, 5.41) is 8.61. The SMILES string of the molecule is Cc1ccc([C@H](C)C(=O)N[C@H]2CCCc3c2cnn3Cc2cccc(Cl)c2)cc1. The van der Waals surface area contributed by atoms with Crippen LogP contribution in [0.2, 0.25) is 5.02 Å². The molecule has 1 N–H and O–H groups in total. The maximum atomic E-state index is 12.9. The first-order chi connectivity index (χ1) is 14.0. The van der Waals surface area contributed by atoms with Crippen LogP contribution in [0, 0.1) is 6.92 Å². The van der Waals surface area contributed by atoms with E-state index in [1.54, 1.807) is 0 Å². The maximum absolute atomic E-state index is 12.9. The van der Waals surface area contributed by atoms with Gasteiger partial charge >= 0.3 is 0 Å². The second-order valence-corrected chi connectivity index (χ2v) is 8.36. The van der Waals surface area contributed by atoms with Gasteiger partial charge in [0, 0.05) is 16.3 Å². The third kappa shape index (κ3) is 4.38. The van der Waals surface area contributed by atoms with Crippen LogP contribution < -0.4 is 5.32 Å². The molecule has 0 unspecified atom stereocenters. The lowest BCUT2D eigenvalue weighted by molar-refractivity contribution is -0.123. The Morgan fingerprint density at radius 2 is 2.07 bits per heavy atom. The third-order valence-corrected chi connectivity index (χ3v) is 6.01. The minimum atomic E-state index is -0.178. The number of amides is 1. The summed E-state index contributed by atoms with van der Waals surface area (Å²) < 4.78 is 2.04. The number of halogens is 1. The maximum Gasteiger partial charge on any atom is 0.227 e. The molecule has 1 aliphatic rings. The third-order valence-electron chi connectivity index (χ3n) is 5.77. The highest BCUT2D eigenvalue weighted by molar-refractivity contribution is 6.30. The van der Waals surface area contributed by atoms with Gasteiger partial charge in [0.05, 0.1) is 24.7 Å². The fourth-order valence-corrected chi connectivity index (χ4v) is 4.23. The van der Waals surface area contributed by atoms with E-state index in [9.17, 15) is 4.79 Å². The first-order valence-corrected chi connectivity index (χ1v) is 10.5. The summed E-state index contributed by atoms with van der Waals surface area (Å²) in [5.74, 6) is -0.114. The van der Waals surface area contributed by atoms with Crippen LogP contribution in [-0.2, 0) is 17.8 Å². The van der Waals surface area contributed by atoms with Gasteiger partial charge in [-0.2, -0.15) is 5.10 Å². The summed E-state index contributed by atoms with van der Waals surface area (Å²) in [6.07, 6.45) is 4.89. The van der Waals surface area contributed by atoms with Crippen LogP contribution in [0.3, 0.4) is 0 Å². The van der Waals surface area contributed by atoms with Crippen molar-refractivity contribution in [3.05, 3.63) is 87.7 Å². The van der Waals surface area contributed by atoms with Crippen molar-refractivity contribution in [2.75, 3.05) is 0 Å². The highest BCUT2D eigenvalue weighted by atomic mass is 35.5. The first kappa shape index (κ1) is 19.7. The van der Waals surface area contributed by atoms with Gasteiger partial charge in [-0.15, -0.1) is 0 Å². The zero-order valence-corrected chi connectivity index (χ0v) is 17.6. The lowest BCUT2D eigenvalue weighted by Crippen LogP contribution is -2.33. The molecule has 0 fully saturated rings. The van der Waals surface area contributed by atoms with Crippen molar-refractivity contribution in [1.82, 2.24) is 15.1 Å². The molecule has 2 atom stereocenters. The van der Waals surface area contributed by atoms with Crippen molar-refractivity contribution in [2.24, 2.45) is 0 Å². The van der Waals surface area contributed by atoms with Crippen LogP contribution in [0.25, 0.3) is 0 Å². The monoisotopic (exact) mass is 407 g/mol. The van der Waals surface area contributed by atoms with Gasteiger partial charge < -0.3 is 5.32 Å². The summed E-state index contributed by atoms with van der Waals surface area (Å²) in [6, 6.07) is 16.1. The molecular weight excluding hydrogens is 382 g/mol. The zero-order valence-electron chi connectivity index (χ0n) is 16.9. The molecule has 4 rings (SSSR count). The number of aryl methyl sites for hydroxylation is 1. The Hall–Kier alpha value is -2.59.